The van der Waals surface area contributed by atoms with Crippen LogP contribution in [0.5, 0.6) is 0 Å². The molecule has 1 aromatic carbocycles. The number of hydrogen-bond donors (Lipinski definition) is 1. The topological polar surface area (TPSA) is 67.2 Å². The molecule has 0 spiro atoms. The van der Waals surface area contributed by atoms with Crippen molar-refractivity contribution in [3.8, 4) is 0 Å². The van der Waals surface area contributed by atoms with Crippen molar-refractivity contribution in [2.24, 2.45) is 13.0 Å². The highest BCUT2D eigenvalue weighted by Crippen LogP contribution is 2.25. The Labute approximate surface area is 178 Å². The van der Waals surface area contributed by atoms with Crippen molar-refractivity contribution in [1.82, 2.24) is 19.8 Å². The normalized spacial score (nSPS) is 17.5. The van der Waals surface area contributed by atoms with Crippen LogP contribution in [-0.2, 0) is 11.8 Å². The van der Waals surface area contributed by atoms with E-state index in [-0.39, 0.29) is 23.5 Å². The van der Waals surface area contributed by atoms with E-state index in [0.717, 1.165) is 6.42 Å². The van der Waals surface area contributed by atoms with Crippen molar-refractivity contribution in [1.29, 1.82) is 0 Å². The van der Waals surface area contributed by atoms with E-state index >= 15 is 0 Å². The van der Waals surface area contributed by atoms with Gasteiger partial charge in [0.05, 0.1) is 10.8 Å². The molecule has 3 heterocycles. The van der Waals surface area contributed by atoms with Gasteiger partial charge in [-0.15, -0.1) is 11.3 Å². The third-order valence-corrected chi connectivity index (χ3v) is 6.25. The fraction of sp³-hybridized carbons (Fsp3) is 0.318. The molecule has 1 N–H and O–H groups in total. The number of likely N-dealkylation sites (tertiary alicyclic amines) is 1. The minimum atomic E-state index is -0.573. The van der Waals surface area contributed by atoms with Gasteiger partial charge in [0.25, 0.3) is 5.91 Å². The lowest BCUT2D eigenvalue weighted by Gasteiger charge is -2.32. The van der Waals surface area contributed by atoms with Gasteiger partial charge in [0.2, 0.25) is 5.91 Å². The third-order valence-electron chi connectivity index (χ3n) is 5.40. The minimum Gasteiger partial charge on any atom is -0.342 e. The third kappa shape index (κ3) is 4.28. The summed E-state index contributed by atoms with van der Waals surface area (Å²) in [5.41, 5.74) is 0.625. The number of hydrogen-bond acceptors (Lipinski definition) is 4. The highest BCUT2D eigenvalue weighted by Gasteiger charge is 2.31. The number of piperidine rings is 1. The Bertz CT molecular complexity index is 1030. The number of aryl methyl sites for hydroxylation is 1. The van der Waals surface area contributed by atoms with Crippen LogP contribution in [0, 0.1) is 11.7 Å². The number of benzene rings is 1. The van der Waals surface area contributed by atoms with E-state index in [1.54, 1.807) is 35.5 Å². The summed E-state index contributed by atoms with van der Waals surface area (Å²) in [6, 6.07) is 9.26. The molecule has 1 fully saturated rings. The lowest BCUT2D eigenvalue weighted by Crippen LogP contribution is -2.46. The summed E-state index contributed by atoms with van der Waals surface area (Å²) < 4.78 is 15.7. The molecule has 0 bridgehead atoms. The van der Waals surface area contributed by atoms with Crippen LogP contribution in [0.4, 0.5) is 4.39 Å². The summed E-state index contributed by atoms with van der Waals surface area (Å²) in [4.78, 5) is 32.6. The maximum Gasteiger partial charge on any atom is 0.263 e. The fourth-order valence-corrected chi connectivity index (χ4v) is 4.52. The van der Waals surface area contributed by atoms with E-state index in [4.69, 9.17) is 0 Å². The number of carbonyl (C=O) groups is 2. The molecule has 2 aromatic heterocycles. The van der Waals surface area contributed by atoms with Crippen LogP contribution in [0.1, 0.15) is 39.9 Å². The van der Waals surface area contributed by atoms with Gasteiger partial charge in [-0.2, -0.15) is 0 Å². The lowest BCUT2D eigenvalue weighted by molar-refractivity contribution is -0.126. The van der Waals surface area contributed by atoms with Gasteiger partial charge in [-0.3, -0.25) is 9.59 Å². The predicted octanol–water partition coefficient (Wildman–Crippen LogP) is 3.38. The summed E-state index contributed by atoms with van der Waals surface area (Å²) in [7, 11) is 1.84. The van der Waals surface area contributed by atoms with Gasteiger partial charge in [-0.1, -0.05) is 18.2 Å². The largest absolute Gasteiger partial charge is 0.342 e. The SMILES string of the molecule is Cn1ccnc1[C@@H](NC(=O)[C@H]1CCCN(C(=O)c2cccs2)C1)c1cccc(F)c1. The molecule has 6 nitrogen and oxygen atoms in total. The van der Waals surface area contributed by atoms with E-state index in [0.29, 0.717) is 35.8 Å². The van der Waals surface area contributed by atoms with Gasteiger partial charge < -0.3 is 14.8 Å². The average Bonchev–Trinajstić information content (AvgIpc) is 3.43. The zero-order valence-electron chi connectivity index (χ0n) is 16.6. The summed E-state index contributed by atoms with van der Waals surface area (Å²) >= 11 is 1.41. The number of carbonyl (C=O) groups excluding carboxylic acids is 2. The molecule has 1 saturated heterocycles. The number of nitrogens with zero attached hydrogens (tertiary/aromatic N) is 3. The van der Waals surface area contributed by atoms with Crippen LogP contribution in [0.2, 0.25) is 0 Å². The van der Waals surface area contributed by atoms with Gasteiger partial charge >= 0.3 is 0 Å². The molecule has 2 atom stereocenters. The first-order chi connectivity index (χ1) is 14.5. The first-order valence-corrected chi connectivity index (χ1v) is 10.8. The molecular weight excluding hydrogens is 403 g/mol. The van der Waals surface area contributed by atoms with Crippen molar-refractivity contribution in [3.05, 3.63) is 76.3 Å². The van der Waals surface area contributed by atoms with Crippen molar-refractivity contribution < 1.29 is 14.0 Å². The number of halogens is 1. The highest BCUT2D eigenvalue weighted by atomic mass is 32.1. The van der Waals surface area contributed by atoms with Crippen LogP contribution in [0.15, 0.2) is 54.2 Å². The highest BCUT2D eigenvalue weighted by molar-refractivity contribution is 7.12. The molecule has 156 valence electrons. The van der Waals surface area contributed by atoms with Crippen molar-refractivity contribution in [3.63, 3.8) is 0 Å². The van der Waals surface area contributed by atoms with E-state index in [2.05, 4.69) is 10.3 Å². The van der Waals surface area contributed by atoms with Gasteiger partial charge in [0.1, 0.15) is 17.7 Å². The molecule has 4 rings (SSSR count). The van der Waals surface area contributed by atoms with Gasteiger partial charge in [0, 0.05) is 32.5 Å². The first kappa shape index (κ1) is 20.3. The monoisotopic (exact) mass is 426 g/mol. The smallest absolute Gasteiger partial charge is 0.263 e. The van der Waals surface area contributed by atoms with Crippen LogP contribution in [0.25, 0.3) is 0 Å². The summed E-state index contributed by atoms with van der Waals surface area (Å²) in [5.74, 6) is -0.258. The molecule has 8 heteroatoms. The molecule has 1 aliphatic heterocycles. The number of amides is 2. The van der Waals surface area contributed by atoms with E-state index in [9.17, 15) is 14.0 Å². The Balaban J connectivity index is 1.52. The Kier molecular flexibility index (Phi) is 5.94. The van der Waals surface area contributed by atoms with Crippen LogP contribution in [-0.4, -0.2) is 39.4 Å². The number of imidazole rings is 1. The van der Waals surface area contributed by atoms with Gasteiger partial charge in [0.15, 0.2) is 0 Å². The second-order valence-electron chi connectivity index (χ2n) is 7.46. The zero-order valence-corrected chi connectivity index (χ0v) is 17.4. The Hall–Kier alpha value is -3.00. The average molecular weight is 427 g/mol. The number of rotatable bonds is 5. The standard InChI is InChI=1S/C22H23FN4O2S/c1-26-11-9-24-20(26)19(15-5-2-7-17(23)13-15)25-21(28)16-6-3-10-27(14-16)22(29)18-8-4-12-30-18/h2,4-5,7-9,11-13,16,19H,3,6,10,14H2,1H3,(H,25,28)/t16-,19-/m0/s1. The number of nitrogens with one attached hydrogen (secondary N) is 1. The predicted molar refractivity (Wildman–Crippen MR) is 113 cm³/mol. The molecular formula is C22H23FN4O2S. The molecule has 3 aromatic rings. The Morgan fingerprint density at radius 1 is 1.30 bits per heavy atom. The Morgan fingerprint density at radius 3 is 2.87 bits per heavy atom. The second kappa shape index (κ2) is 8.79. The van der Waals surface area contributed by atoms with E-state index < -0.39 is 6.04 Å². The Morgan fingerprint density at radius 2 is 2.17 bits per heavy atom. The van der Waals surface area contributed by atoms with Gasteiger partial charge in [-0.25, -0.2) is 9.37 Å². The van der Waals surface area contributed by atoms with Crippen LogP contribution < -0.4 is 5.32 Å². The second-order valence-corrected chi connectivity index (χ2v) is 8.41. The van der Waals surface area contributed by atoms with Crippen LogP contribution in [0.3, 0.4) is 0 Å². The van der Waals surface area contributed by atoms with Crippen molar-refractivity contribution in [2.45, 2.75) is 18.9 Å². The maximum atomic E-state index is 13.9. The summed E-state index contributed by atoms with van der Waals surface area (Å²) in [6.45, 7) is 1.02. The zero-order chi connectivity index (χ0) is 21.1. The van der Waals surface area contributed by atoms with Gasteiger partial charge in [-0.05, 0) is 42.0 Å². The number of thiophene rings is 1. The molecule has 0 aliphatic carbocycles. The quantitative estimate of drug-likeness (QED) is 0.680. The molecule has 0 saturated carbocycles. The van der Waals surface area contributed by atoms with E-state index in [1.165, 1.54) is 23.5 Å². The molecule has 30 heavy (non-hydrogen) atoms. The molecule has 0 unspecified atom stereocenters. The van der Waals surface area contributed by atoms with Crippen LogP contribution >= 0.6 is 11.3 Å². The van der Waals surface area contributed by atoms with E-state index in [1.807, 2.05) is 23.1 Å². The molecule has 1 aliphatic rings. The minimum absolute atomic E-state index is 0.0340. The maximum absolute atomic E-state index is 13.9. The molecule has 2 amide bonds. The van der Waals surface area contributed by atoms with Crippen molar-refractivity contribution >= 4 is 23.2 Å². The van der Waals surface area contributed by atoms with Crippen molar-refractivity contribution in [2.75, 3.05) is 13.1 Å². The summed E-state index contributed by atoms with van der Waals surface area (Å²) in [5, 5.41) is 4.92. The first-order valence-electron chi connectivity index (χ1n) is 9.89. The lowest BCUT2D eigenvalue weighted by atomic mass is 9.95. The number of aromatic nitrogens is 2. The molecule has 0 radical (unpaired) electrons. The fourth-order valence-electron chi connectivity index (χ4n) is 3.83. The summed E-state index contributed by atoms with van der Waals surface area (Å²) in [6.07, 6.45) is 4.91.